The molecule has 1 aromatic heterocycles. The monoisotopic (exact) mass is 399 g/mol. The molecular weight excluding hydrogens is 374 g/mol. The van der Waals surface area contributed by atoms with Crippen LogP contribution in [0.15, 0.2) is 34.8 Å². The molecule has 1 amide bonds. The molecule has 0 bridgehead atoms. The second kappa shape index (κ2) is 9.43. The Kier molecular flexibility index (Phi) is 6.72. The summed E-state index contributed by atoms with van der Waals surface area (Å²) in [4.78, 5) is 26.3. The van der Waals surface area contributed by atoms with Gasteiger partial charge in [-0.2, -0.15) is 0 Å². The molecule has 1 saturated heterocycles. The summed E-state index contributed by atoms with van der Waals surface area (Å²) in [5.74, 6) is 2.05. The molecule has 0 spiro atoms. The van der Waals surface area contributed by atoms with Crippen LogP contribution < -0.4 is 9.47 Å². The number of carbonyl (C=O) groups excluding carboxylic acids is 2. The molecule has 29 heavy (non-hydrogen) atoms. The lowest BCUT2D eigenvalue weighted by Gasteiger charge is -2.26. The zero-order valence-corrected chi connectivity index (χ0v) is 16.9. The van der Waals surface area contributed by atoms with Crippen molar-refractivity contribution >= 4 is 17.8 Å². The predicted molar refractivity (Wildman–Crippen MR) is 107 cm³/mol. The Balaban J connectivity index is 1.64. The van der Waals surface area contributed by atoms with Crippen LogP contribution in [0.2, 0.25) is 0 Å². The zero-order valence-electron chi connectivity index (χ0n) is 16.9. The number of nitrogens with zero attached hydrogens (tertiary/aromatic N) is 1. The molecule has 0 atom stereocenters. The number of benzene rings is 1. The van der Waals surface area contributed by atoms with Gasteiger partial charge in [0.15, 0.2) is 23.9 Å². The van der Waals surface area contributed by atoms with Crippen LogP contribution in [0.3, 0.4) is 0 Å². The molecule has 7 heteroatoms. The van der Waals surface area contributed by atoms with Crippen LogP contribution in [0.4, 0.5) is 0 Å². The highest BCUT2D eigenvalue weighted by atomic mass is 16.5. The molecule has 2 heterocycles. The van der Waals surface area contributed by atoms with Crippen LogP contribution in [-0.4, -0.2) is 56.6 Å². The van der Waals surface area contributed by atoms with Crippen LogP contribution >= 0.6 is 0 Å². The summed E-state index contributed by atoms with van der Waals surface area (Å²) in [5.41, 5.74) is 1.33. The van der Waals surface area contributed by atoms with Gasteiger partial charge in [-0.1, -0.05) is 12.1 Å². The van der Waals surface area contributed by atoms with Crippen LogP contribution in [0, 0.1) is 13.8 Å². The molecule has 3 rings (SSSR count). The predicted octanol–water partition coefficient (Wildman–Crippen LogP) is 3.04. The van der Waals surface area contributed by atoms with Crippen molar-refractivity contribution in [2.75, 3.05) is 40.0 Å². The van der Waals surface area contributed by atoms with Gasteiger partial charge < -0.3 is 23.5 Å². The Labute approximate surface area is 169 Å². The highest BCUT2D eigenvalue weighted by Crippen LogP contribution is 2.29. The quantitative estimate of drug-likeness (QED) is 0.526. The van der Waals surface area contributed by atoms with E-state index in [9.17, 15) is 9.59 Å². The van der Waals surface area contributed by atoms with Crippen LogP contribution in [0.5, 0.6) is 11.5 Å². The van der Waals surface area contributed by atoms with Crippen molar-refractivity contribution in [3.63, 3.8) is 0 Å². The Morgan fingerprint density at radius 1 is 1.14 bits per heavy atom. The molecule has 0 unspecified atom stereocenters. The van der Waals surface area contributed by atoms with E-state index in [0.717, 1.165) is 5.56 Å². The molecule has 2 aromatic rings. The molecule has 1 aliphatic heterocycles. The maximum atomic E-state index is 12.3. The van der Waals surface area contributed by atoms with Gasteiger partial charge in [-0.05, 0) is 43.7 Å². The number of carbonyl (C=O) groups is 2. The highest BCUT2D eigenvalue weighted by molar-refractivity contribution is 6.07. The number of rotatable bonds is 7. The third kappa shape index (κ3) is 5.26. The minimum absolute atomic E-state index is 0.0663. The number of allylic oxidation sites excluding steroid dienone is 1. The summed E-state index contributed by atoms with van der Waals surface area (Å²) in [6.07, 6.45) is 3.20. The summed E-state index contributed by atoms with van der Waals surface area (Å²) in [6, 6.07) is 7.01. The van der Waals surface area contributed by atoms with Gasteiger partial charge >= 0.3 is 0 Å². The summed E-state index contributed by atoms with van der Waals surface area (Å²) in [7, 11) is 1.53. The molecule has 0 radical (unpaired) electrons. The summed E-state index contributed by atoms with van der Waals surface area (Å²) in [6.45, 7) is 5.75. The Hall–Kier alpha value is -3.06. The number of morpholine rings is 1. The first-order valence-electron chi connectivity index (χ1n) is 9.43. The Morgan fingerprint density at radius 3 is 2.55 bits per heavy atom. The maximum absolute atomic E-state index is 12.3. The van der Waals surface area contributed by atoms with Gasteiger partial charge in [0, 0.05) is 13.1 Å². The number of hydrogen-bond acceptors (Lipinski definition) is 6. The average Bonchev–Trinajstić information content (AvgIpc) is 3.09. The van der Waals surface area contributed by atoms with Crippen LogP contribution in [0.1, 0.15) is 27.4 Å². The minimum Gasteiger partial charge on any atom is -0.493 e. The number of aryl methyl sites for hydroxylation is 2. The fourth-order valence-electron chi connectivity index (χ4n) is 3.09. The molecule has 1 aliphatic rings. The molecule has 154 valence electrons. The van der Waals surface area contributed by atoms with E-state index in [1.807, 2.05) is 0 Å². The van der Waals surface area contributed by atoms with Gasteiger partial charge in [0.05, 0.1) is 25.9 Å². The smallest absolute Gasteiger partial charge is 0.260 e. The topological polar surface area (TPSA) is 78.2 Å². The second-order valence-electron chi connectivity index (χ2n) is 6.72. The van der Waals surface area contributed by atoms with Gasteiger partial charge in [0.2, 0.25) is 0 Å². The van der Waals surface area contributed by atoms with E-state index in [0.29, 0.717) is 54.9 Å². The number of ketones is 1. The Morgan fingerprint density at radius 2 is 1.90 bits per heavy atom. The fourth-order valence-corrected chi connectivity index (χ4v) is 3.09. The van der Waals surface area contributed by atoms with Gasteiger partial charge in [0.1, 0.15) is 11.5 Å². The van der Waals surface area contributed by atoms with Gasteiger partial charge in [-0.25, -0.2) is 0 Å². The van der Waals surface area contributed by atoms with E-state index in [-0.39, 0.29) is 18.3 Å². The van der Waals surface area contributed by atoms with Crippen molar-refractivity contribution in [1.82, 2.24) is 4.90 Å². The second-order valence-corrected chi connectivity index (χ2v) is 6.72. The Bertz CT molecular complexity index is 908. The van der Waals surface area contributed by atoms with E-state index in [1.54, 1.807) is 49.1 Å². The molecule has 0 N–H and O–H groups in total. The van der Waals surface area contributed by atoms with Crippen molar-refractivity contribution < 1.29 is 28.2 Å². The molecule has 0 aliphatic carbocycles. The molecule has 1 aromatic carbocycles. The van der Waals surface area contributed by atoms with E-state index in [2.05, 4.69) is 0 Å². The third-order valence-electron chi connectivity index (χ3n) is 4.64. The maximum Gasteiger partial charge on any atom is 0.260 e. The average molecular weight is 399 g/mol. The SMILES string of the molecule is COc1cc(/C=C/C(=O)c2cc(C)oc2C)ccc1OCC(=O)N1CCOCC1. The lowest BCUT2D eigenvalue weighted by Crippen LogP contribution is -2.43. The lowest BCUT2D eigenvalue weighted by atomic mass is 10.1. The normalized spacial score (nSPS) is 14.2. The van der Waals surface area contributed by atoms with Crippen molar-refractivity contribution in [3.8, 4) is 11.5 Å². The van der Waals surface area contributed by atoms with Gasteiger partial charge in [-0.3, -0.25) is 9.59 Å². The van der Waals surface area contributed by atoms with E-state index >= 15 is 0 Å². The number of methoxy groups -OCH3 is 1. The van der Waals surface area contributed by atoms with Crippen molar-refractivity contribution in [2.24, 2.45) is 0 Å². The van der Waals surface area contributed by atoms with Gasteiger partial charge in [-0.15, -0.1) is 0 Å². The van der Waals surface area contributed by atoms with E-state index in [4.69, 9.17) is 18.6 Å². The van der Waals surface area contributed by atoms with Crippen LogP contribution in [0.25, 0.3) is 6.08 Å². The molecular formula is C22H25NO6. The summed E-state index contributed by atoms with van der Waals surface area (Å²) in [5, 5.41) is 0. The number of ether oxygens (including phenoxy) is 3. The van der Waals surface area contributed by atoms with Crippen molar-refractivity contribution in [1.29, 1.82) is 0 Å². The van der Waals surface area contributed by atoms with Crippen molar-refractivity contribution in [3.05, 3.63) is 53.0 Å². The fraction of sp³-hybridized carbons (Fsp3) is 0.364. The molecule has 0 saturated carbocycles. The third-order valence-corrected chi connectivity index (χ3v) is 4.64. The van der Waals surface area contributed by atoms with E-state index < -0.39 is 0 Å². The first-order chi connectivity index (χ1) is 14.0. The largest absolute Gasteiger partial charge is 0.493 e. The number of furan rings is 1. The molecule has 7 nitrogen and oxygen atoms in total. The highest BCUT2D eigenvalue weighted by Gasteiger charge is 2.18. The van der Waals surface area contributed by atoms with E-state index in [1.165, 1.54) is 13.2 Å². The van der Waals surface area contributed by atoms with Crippen molar-refractivity contribution in [2.45, 2.75) is 13.8 Å². The zero-order chi connectivity index (χ0) is 20.8. The first kappa shape index (κ1) is 20.7. The number of hydrogen-bond donors (Lipinski definition) is 0. The lowest BCUT2D eigenvalue weighted by molar-refractivity contribution is -0.137. The summed E-state index contributed by atoms with van der Waals surface area (Å²) >= 11 is 0. The minimum atomic E-state index is -0.130. The summed E-state index contributed by atoms with van der Waals surface area (Å²) < 4.78 is 21.7. The molecule has 1 fully saturated rings. The number of amides is 1. The standard InChI is InChI=1S/C22H25NO6/c1-15-12-18(16(2)29-15)19(24)6-4-17-5-7-20(21(13-17)26-3)28-14-22(25)23-8-10-27-11-9-23/h4-7,12-13H,8-11,14H2,1-3H3/b6-4+. The first-order valence-corrected chi connectivity index (χ1v) is 9.43. The van der Waals surface area contributed by atoms with Gasteiger partial charge in [0.25, 0.3) is 5.91 Å². The van der Waals surface area contributed by atoms with Crippen LogP contribution in [-0.2, 0) is 9.53 Å².